The Labute approximate surface area is 199 Å². The van der Waals surface area contributed by atoms with Crippen LogP contribution in [-0.2, 0) is 40.4 Å². The third-order valence-electron chi connectivity index (χ3n) is 5.13. The minimum absolute atomic E-state index is 0.225. The highest BCUT2D eigenvalue weighted by atomic mass is 35.5. The molecule has 1 aromatic heterocycles. The van der Waals surface area contributed by atoms with Crippen LogP contribution in [0.1, 0.15) is 21.9 Å². The van der Waals surface area contributed by atoms with Crippen LogP contribution in [0.5, 0.6) is 0 Å². The molecular weight excluding hydrogens is 460 g/mol. The van der Waals surface area contributed by atoms with E-state index >= 15 is 0 Å². The first-order chi connectivity index (χ1) is 15.6. The van der Waals surface area contributed by atoms with Gasteiger partial charge in [0.05, 0.1) is 12.9 Å². The van der Waals surface area contributed by atoms with Gasteiger partial charge in [-0.05, 0) is 58.7 Å². The van der Waals surface area contributed by atoms with E-state index < -0.39 is 22.4 Å². The van der Waals surface area contributed by atoms with Crippen LogP contribution in [-0.4, -0.2) is 18.7 Å². The van der Waals surface area contributed by atoms with E-state index in [9.17, 15) is 9.11 Å². The second-order valence-corrected chi connectivity index (χ2v) is 11.0. The summed E-state index contributed by atoms with van der Waals surface area (Å²) in [6.45, 7) is 0.548. The van der Waals surface area contributed by atoms with E-state index in [1.54, 1.807) is 12.5 Å². The van der Waals surface area contributed by atoms with Gasteiger partial charge in [-0.2, -0.15) is 0 Å². The number of benzene rings is 3. The fourth-order valence-corrected chi connectivity index (χ4v) is 6.16. The standard InChI is InChI=1S/C25H23ClN2O2S2/c26-23-10-6-21(7-11-23)18-32(30)25(16-28-15-14-27-19-28)22-8-12-24(13-9-22)31(29)17-20-4-2-1-3-5-20/h1-15,19,25H,16-18H2. The number of hydrogen-bond donors (Lipinski definition) is 0. The lowest BCUT2D eigenvalue weighted by Crippen LogP contribution is -2.20. The van der Waals surface area contributed by atoms with Crippen molar-refractivity contribution in [1.82, 2.24) is 9.55 Å². The van der Waals surface area contributed by atoms with E-state index in [1.807, 2.05) is 89.6 Å². The monoisotopic (exact) mass is 482 g/mol. The zero-order chi connectivity index (χ0) is 22.3. The minimum Gasteiger partial charge on any atom is -0.616 e. The Morgan fingerprint density at radius 2 is 1.53 bits per heavy atom. The maximum Gasteiger partial charge on any atom is 0.158 e. The highest BCUT2D eigenvalue weighted by Crippen LogP contribution is 2.29. The van der Waals surface area contributed by atoms with Gasteiger partial charge in [0.15, 0.2) is 10.1 Å². The van der Waals surface area contributed by atoms with Crippen molar-refractivity contribution in [2.45, 2.75) is 28.2 Å². The van der Waals surface area contributed by atoms with Crippen LogP contribution in [0.2, 0.25) is 5.02 Å². The highest BCUT2D eigenvalue weighted by Gasteiger charge is 2.26. The molecule has 0 N–H and O–H groups in total. The van der Waals surface area contributed by atoms with Gasteiger partial charge in [-0.3, -0.25) is 0 Å². The van der Waals surface area contributed by atoms with Crippen molar-refractivity contribution in [2.75, 3.05) is 0 Å². The number of hydrogen-bond acceptors (Lipinski definition) is 3. The van der Waals surface area contributed by atoms with E-state index in [0.29, 0.717) is 23.1 Å². The Morgan fingerprint density at radius 3 is 2.19 bits per heavy atom. The van der Waals surface area contributed by atoms with Gasteiger partial charge >= 0.3 is 0 Å². The lowest BCUT2D eigenvalue weighted by Gasteiger charge is -2.23. The number of aromatic nitrogens is 2. The molecule has 0 saturated carbocycles. The Hall–Kier alpha value is -2.22. The van der Waals surface area contributed by atoms with Crippen LogP contribution in [0.25, 0.3) is 0 Å². The van der Waals surface area contributed by atoms with Crippen LogP contribution < -0.4 is 0 Å². The summed E-state index contributed by atoms with van der Waals surface area (Å²) in [6.07, 6.45) is 5.32. The third kappa shape index (κ3) is 6.18. The fraction of sp³-hybridized carbons (Fsp3) is 0.160. The van der Waals surface area contributed by atoms with Crippen molar-refractivity contribution in [2.24, 2.45) is 0 Å². The van der Waals surface area contributed by atoms with Crippen molar-refractivity contribution in [3.8, 4) is 0 Å². The van der Waals surface area contributed by atoms with Gasteiger partial charge in [-0.25, -0.2) is 4.98 Å². The second-order valence-electron chi connectivity index (χ2n) is 7.44. The first-order valence-electron chi connectivity index (χ1n) is 10.2. The van der Waals surface area contributed by atoms with E-state index in [2.05, 4.69) is 4.98 Å². The molecule has 32 heavy (non-hydrogen) atoms. The normalized spacial score (nSPS) is 14.1. The summed E-state index contributed by atoms with van der Waals surface area (Å²) in [6, 6.07) is 24.9. The van der Waals surface area contributed by atoms with Gasteiger partial charge in [-0.15, -0.1) is 0 Å². The quantitative estimate of drug-likeness (QED) is 0.294. The second kappa shape index (κ2) is 11.1. The Morgan fingerprint density at radius 1 is 0.844 bits per heavy atom. The summed E-state index contributed by atoms with van der Waals surface area (Å²) in [4.78, 5) is 4.87. The minimum atomic E-state index is -1.17. The van der Waals surface area contributed by atoms with Gasteiger partial charge in [0.2, 0.25) is 0 Å². The summed E-state index contributed by atoms with van der Waals surface area (Å²) in [7, 11) is 0. The maximum atomic E-state index is 13.4. The fourth-order valence-electron chi connectivity index (χ4n) is 3.42. The largest absolute Gasteiger partial charge is 0.616 e. The van der Waals surface area contributed by atoms with E-state index in [0.717, 1.165) is 21.6 Å². The smallest absolute Gasteiger partial charge is 0.158 e. The molecule has 0 radical (unpaired) electrons. The molecule has 4 nitrogen and oxygen atoms in total. The van der Waals surface area contributed by atoms with Gasteiger partial charge in [0.1, 0.15) is 11.5 Å². The molecule has 0 aliphatic heterocycles. The Balaban J connectivity index is 1.51. The van der Waals surface area contributed by atoms with Crippen LogP contribution in [0.3, 0.4) is 0 Å². The number of nitrogens with zero attached hydrogens (tertiary/aromatic N) is 2. The molecule has 0 amide bonds. The van der Waals surface area contributed by atoms with Crippen LogP contribution in [0.4, 0.5) is 0 Å². The topological polar surface area (TPSA) is 63.9 Å². The van der Waals surface area contributed by atoms with Crippen LogP contribution >= 0.6 is 11.6 Å². The lowest BCUT2D eigenvalue weighted by molar-refractivity contribution is 0.560. The Bertz CT molecular complexity index is 1090. The molecule has 0 aliphatic rings. The van der Waals surface area contributed by atoms with Crippen molar-refractivity contribution in [3.05, 3.63) is 119 Å². The summed E-state index contributed by atoms with van der Waals surface area (Å²) < 4.78 is 28.1. The average molecular weight is 483 g/mol. The van der Waals surface area contributed by atoms with E-state index in [1.165, 1.54) is 0 Å². The van der Waals surface area contributed by atoms with Crippen LogP contribution in [0.15, 0.2) is 102 Å². The molecule has 3 aromatic carbocycles. The molecule has 164 valence electrons. The molecule has 0 fully saturated rings. The molecule has 3 unspecified atom stereocenters. The molecule has 0 saturated heterocycles. The van der Waals surface area contributed by atoms with Crippen LogP contribution in [0, 0.1) is 0 Å². The molecular formula is C25H23ClN2O2S2. The summed E-state index contributed by atoms with van der Waals surface area (Å²) >= 11 is 3.68. The molecule has 7 heteroatoms. The van der Waals surface area contributed by atoms with Gasteiger partial charge in [0.25, 0.3) is 0 Å². The predicted octanol–water partition coefficient (Wildman–Crippen LogP) is 5.53. The molecule has 3 atom stereocenters. The van der Waals surface area contributed by atoms with Crippen molar-refractivity contribution < 1.29 is 9.11 Å². The third-order valence-corrected chi connectivity index (χ3v) is 8.45. The van der Waals surface area contributed by atoms with Crippen molar-refractivity contribution in [1.29, 1.82) is 0 Å². The zero-order valence-corrected chi connectivity index (χ0v) is 19.7. The molecule has 0 bridgehead atoms. The van der Waals surface area contributed by atoms with E-state index in [4.69, 9.17) is 11.6 Å². The summed E-state index contributed by atoms with van der Waals surface area (Å²) in [5.74, 6) is 0.902. The maximum absolute atomic E-state index is 13.4. The first kappa shape index (κ1) is 23.0. The number of halogens is 1. The Kier molecular flexibility index (Phi) is 7.95. The molecule has 1 heterocycles. The van der Waals surface area contributed by atoms with Crippen molar-refractivity contribution in [3.63, 3.8) is 0 Å². The SMILES string of the molecule is [O-][S+](Cc1ccccc1)c1ccc(C(Cn2ccnc2)[S+]([O-])Cc2ccc(Cl)cc2)cc1. The molecule has 4 aromatic rings. The predicted molar refractivity (Wildman–Crippen MR) is 131 cm³/mol. The number of rotatable bonds is 9. The molecule has 4 rings (SSSR count). The van der Waals surface area contributed by atoms with Crippen molar-refractivity contribution >= 4 is 34.0 Å². The molecule has 0 aliphatic carbocycles. The summed E-state index contributed by atoms with van der Waals surface area (Å²) in [5.41, 5.74) is 2.97. The first-order valence-corrected chi connectivity index (χ1v) is 13.3. The van der Waals surface area contributed by atoms with Gasteiger partial charge in [0, 0.05) is 34.1 Å². The van der Waals surface area contributed by atoms with Gasteiger partial charge < -0.3 is 13.7 Å². The van der Waals surface area contributed by atoms with E-state index in [-0.39, 0.29) is 5.25 Å². The molecule has 0 spiro atoms. The highest BCUT2D eigenvalue weighted by molar-refractivity contribution is 7.91. The zero-order valence-electron chi connectivity index (χ0n) is 17.3. The number of imidazole rings is 1. The van der Waals surface area contributed by atoms with Gasteiger partial charge in [-0.1, -0.05) is 54.1 Å². The average Bonchev–Trinajstić information content (AvgIpc) is 3.33. The lowest BCUT2D eigenvalue weighted by atomic mass is 10.1. The summed E-state index contributed by atoms with van der Waals surface area (Å²) in [5, 5.41) is 0.435.